The van der Waals surface area contributed by atoms with Gasteiger partial charge in [-0.25, -0.2) is 4.99 Å². The Morgan fingerprint density at radius 3 is 2.55 bits per heavy atom. The number of hydrogen-bond donors (Lipinski definition) is 2. The predicted molar refractivity (Wildman–Crippen MR) is 93.4 cm³/mol. The molecule has 0 saturated heterocycles. The summed E-state index contributed by atoms with van der Waals surface area (Å²) < 4.78 is 5.08. The summed E-state index contributed by atoms with van der Waals surface area (Å²) in [4.78, 5) is 6.86. The molecule has 0 aliphatic carbocycles. The van der Waals surface area contributed by atoms with Crippen molar-refractivity contribution in [2.75, 3.05) is 46.9 Å². The van der Waals surface area contributed by atoms with Crippen LogP contribution in [0.1, 0.15) is 18.1 Å². The molecule has 22 heavy (non-hydrogen) atoms. The molecule has 0 aliphatic heterocycles. The van der Waals surface area contributed by atoms with Crippen LogP contribution in [0, 0.1) is 6.92 Å². The SMILES string of the molecule is CCNC(=NCc1ccc(C)cc1)NCCN(C)CCOC. The Morgan fingerprint density at radius 1 is 1.18 bits per heavy atom. The lowest BCUT2D eigenvalue weighted by molar-refractivity contribution is 0.162. The van der Waals surface area contributed by atoms with Crippen molar-refractivity contribution in [3.05, 3.63) is 35.4 Å². The Kier molecular flexibility index (Phi) is 9.26. The number of methoxy groups -OCH3 is 1. The highest BCUT2D eigenvalue weighted by molar-refractivity contribution is 5.79. The second-order valence-electron chi connectivity index (χ2n) is 5.40. The molecule has 5 heteroatoms. The van der Waals surface area contributed by atoms with E-state index in [9.17, 15) is 0 Å². The molecule has 0 saturated carbocycles. The van der Waals surface area contributed by atoms with Gasteiger partial charge < -0.3 is 20.3 Å². The Hall–Kier alpha value is -1.59. The van der Waals surface area contributed by atoms with Crippen LogP contribution in [-0.2, 0) is 11.3 Å². The molecular formula is C17H30N4O. The van der Waals surface area contributed by atoms with Gasteiger partial charge in [-0.2, -0.15) is 0 Å². The summed E-state index contributed by atoms with van der Waals surface area (Å²) in [6, 6.07) is 8.49. The van der Waals surface area contributed by atoms with Crippen LogP contribution in [-0.4, -0.2) is 57.8 Å². The van der Waals surface area contributed by atoms with E-state index in [1.54, 1.807) is 7.11 Å². The van der Waals surface area contributed by atoms with Gasteiger partial charge in [0.05, 0.1) is 13.2 Å². The number of aryl methyl sites for hydroxylation is 1. The fourth-order valence-corrected chi connectivity index (χ4v) is 1.93. The molecule has 0 spiro atoms. The monoisotopic (exact) mass is 306 g/mol. The van der Waals surface area contributed by atoms with E-state index in [1.807, 2.05) is 0 Å². The Morgan fingerprint density at radius 2 is 1.91 bits per heavy atom. The summed E-state index contributed by atoms with van der Waals surface area (Å²) in [6.07, 6.45) is 0. The standard InChI is InChI=1S/C17H30N4O/c1-5-18-17(19-10-11-21(3)12-13-22-4)20-14-16-8-6-15(2)7-9-16/h6-9H,5,10-14H2,1-4H3,(H2,18,19,20). The van der Waals surface area contributed by atoms with Gasteiger partial charge in [-0.15, -0.1) is 0 Å². The zero-order valence-corrected chi connectivity index (χ0v) is 14.4. The summed E-state index contributed by atoms with van der Waals surface area (Å²) in [5.41, 5.74) is 2.50. The molecule has 0 amide bonds. The summed E-state index contributed by atoms with van der Waals surface area (Å²) >= 11 is 0. The van der Waals surface area contributed by atoms with Crippen molar-refractivity contribution in [1.82, 2.24) is 15.5 Å². The molecule has 0 aliphatic rings. The van der Waals surface area contributed by atoms with E-state index < -0.39 is 0 Å². The second kappa shape index (κ2) is 11.0. The van der Waals surface area contributed by atoms with Gasteiger partial charge in [0, 0.05) is 33.3 Å². The van der Waals surface area contributed by atoms with E-state index in [1.165, 1.54) is 11.1 Å². The lowest BCUT2D eigenvalue weighted by Crippen LogP contribution is -2.41. The largest absolute Gasteiger partial charge is 0.383 e. The van der Waals surface area contributed by atoms with Gasteiger partial charge in [-0.05, 0) is 26.5 Å². The first kappa shape index (κ1) is 18.5. The minimum atomic E-state index is 0.690. The quantitative estimate of drug-likeness (QED) is 0.538. The molecular weight excluding hydrogens is 276 g/mol. The number of benzene rings is 1. The van der Waals surface area contributed by atoms with E-state index >= 15 is 0 Å². The maximum Gasteiger partial charge on any atom is 0.191 e. The Balaban J connectivity index is 2.40. The maximum atomic E-state index is 5.08. The van der Waals surface area contributed by atoms with E-state index in [2.05, 4.69) is 65.7 Å². The number of hydrogen-bond acceptors (Lipinski definition) is 3. The van der Waals surface area contributed by atoms with Crippen LogP contribution in [0.3, 0.4) is 0 Å². The number of nitrogens with one attached hydrogen (secondary N) is 2. The number of ether oxygens (including phenoxy) is 1. The van der Waals surface area contributed by atoms with Crippen molar-refractivity contribution in [1.29, 1.82) is 0 Å². The third-order valence-electron chi connectivity index (χ3n) is 3.35. The van der Waals surface area contributed by atoms with Crippen molar-refractivity contribution < 1.29 is 4.74 Å². The molecule has 0 atom stereocenters. The van der Waals surface area contributed by atoms with Crippen LogP contribution >= 0.6 is 0 Å². The van der Waals surface area contributed by atoms with E-state index in [-0.39, 0.29) is 0 Å². The molecule has 5 nitrogen and oxygen atoms in total. The van der Waals surface area contributed by atoms with Crippen molar-refractivity contribution >= 4 is 5.96 Å². The average molecular weight is 306 g/mol. The van der Waals surface area contributed by atoms with Gasteiger partial charge in [0.1, 0.15) is 0 Å². The Bertz CT molecular complexity index is 431. The zero-order chi connectivity index (χ0) is 16.2. The predicted octanol–water partition coefficient (Wildman–Crippen LogP) is 1.63. The fraction of sp³-hybridized carbons (Fsp3) is 0.588. The number of likely N-dealkylation sites (N-methyl/N-ethyl adjacent to an activating group) is 1. The number of nitrogens with zero attached hydrogens (tertiary/aromatic N) is 2. The van der Waals surface area contributed by atoms with Crippen LogP contribution in [0.25, 0.3) is 0 Å². The highest BCUT2D eigenvalue weighted by Crippen LogP contribution is 2.04. The van der Waals surface area contributed by atoms with Crippen LogP contribution in [0.2, 0.25) is 0 Å². The second-order valence-corrected chi connectivity index (χ2v) is 5.40. The molecule has 2 N–H and O–H groups in total. The Labute approximate surface area is 134 Å². The number of guanidine groups is 1. The minimum absolute atomic E-state index is 0.690. The molecule has 1 rings (SSSR count). The van der Waals surface area contributed by atoms with Crippen molar-refractivity contribution in [3.63, 3.8) is 0 Å². The molecule has 0 heterocycles. The molecule has 0 aromatic heterocycles. The van der Waals surface area contributed by atoms with E-state index in [4.69, 9.17) is 4.74 Å². The lowest BCUT2D eigenvalue weighted by atomic mass is 10.1. The van der Waals surface area contributed by atoms with Gasteiger partial charge in [0.2, 0.25) is 0 Å². The summed E-state index contributed by atoms with van der Waals surface area (Å²) in [6.45, 7) is 9.24. The van der Waals surface area contributed by atoms with E-state index in [0.29, 0.717) is 6.54 Å². The molecule has 0 fully saturated rings. The summed E-state index contributed by atoms with van der Waals surface area (Å²) in [5, 5.41) is 6.64. The topological polar surface area (TPSA) is 48.9 Å². The highest BCUT2D eigenvalue weighted by atomic mass is 16.5. The third-order valence-corrected chi connectivity index (χ3v) is 3.35. The van der Waals surface area contributed by atoms with Gasteiger partial charge in [0.15, 0.2) is 5.96 Å². The molecule has 0 bridgehead atoms. The average Bonchev–Trinajstić information content (AvgIpc) is 2.52. The first-order valence-electron chi connectivity index (χ1n) is 7.91. The molecule has 1 aromatic carbocycles. The molecule has 0 radical (unpaired) electrons. The van der Waals surface area contributed by atoms with Crippen LogP contribution in [0.4, 0.5) is 0 Å². The number of aliphatic imine (C=N–C) groups is 1. The molecule has 0 unspecified atom stereocenters. The van der Waals surface area contributed by atoms with Crippen LogP contribution in [0.15, 0.2) is 29.3 Å². The van der Waals surface area contributed by atoms with Gasteiger partial charge in [-0.1, -0.05) is 29.8 Å². The minimum Gasteiger partial charge on any atom is -0.383 e. The van der Waals surface area contributed by atoms with Crippen molar-refractivity contribution in [2.24, 2.45) is 4.99 Å². The number of rotatable bonds is 9. The van der Waals surface area contributed by atoms with Crippen LogP contribution < -0.4 is 10.6 Å². The van der Waals surface area contributed by atoms with Crippen molar-refractivity contribution in [2.45, 2.75) is 20.4 Å². The van der Waals surface area contributed by atoms with Gasteiger partial charge in [0.25, 0.3) is 0 Å². The lowest BCUT2D eigenvalue weighted by Gasteiger charge is -2.17. The highest BCUT2D eigenvalue weighted by Gasteiger charge is 2.00. The normalized spacial score (nSPS) is 11.8. The third kappa shape index (κ3) is 8.00. The van der Waals surface area contributed by atoms with Gasteiger partial charge >= 0.3 is 0 Å². The zero-order valence-electron chi connectivity index (χ0n) is 14.4. The van der Waals surface area contributed by atoms with E-state index in [0.717, 1.165) is 38.7 Å². The smallest absolute Gasteiger partial charge is 0.191 e. The van der Waals surface area contributed by atoms with Gasteiger partial charge in [-0.3, -0.25) is 0 Å². The first-order chi connectivity index (χ1) is 10.7. The fourth-order valence-electron chi connectivity index (χ4n) is 1.93. The summed E-state index contributed by atoms with van der Waals surface area (Å²) in [7, 11) is 3.82. The van der Waals surface area contributed by atoms with Crippen LogP contribution in [0.5, 0.6) is 0 Å². The maximum absolute atomic E-state index is 5.08. The molecule has 1 aromatic rings. The summed E-state index contributed by atoms with van der Waals surface area (Å²) in [5.74, 6) is 0.864. The first-order valence-corrected chi connectivity index (χ1v) is 7.91. The molecule has 124 valence electrons. The van der Waals surface area contributed by atoms with Crippen molar-refractivity contribution in [3.8, 4) is 0 Å².